The van der Waals surface area contributed by atoms with Crippen molar-refractivity contribution in [1.29, 1.82) is 0 Å². The maximum Gasteiger partial charge on any atom is 0.238 e. The van der Waals surface area contributed by atoms with Crippen LogP contribution in [0.25, 0.3) is 11.1 Å². The van der Waals surface area contributed by atoms with Crippen molar-refractivity contribution in [1.82, 2.24) is 14.9 Å². The summed E-state index contributed by atoms with van der Waals surface area (Å²) in [5, 5.41) is 9.52. The molecular weight excluding hydrogens is 476 g/mol. The number of aromatic nitrogens is 2. The molecule has 1 fully saturated rings. The highest BCUT2D eigenvalue weighted by molar-refractivity contribution is 5.92. The Kier molecular flexibility index (Phi) is 7.77. The van der Waals surface area contributed by atoms with Crippen LogP contribution in [0.15, 0.2) is 85.1 Å². The Bertz CT molecular complexity index is 1370. The molecule has 194 valence electrons. The van der Waals surface area contributed by atoms with Crippen LogP contribution in [0, 0.1) is 0 Å². The van der Waals surface area contributed by atoms with E-state index in [0.29, 0.717) is 17.5 Å². The first kappa shape index (κ1) is 25.2. The Hall–Kier alpha value is -4.47. The van der Waals surface area contributed by atoms with Crippen molar-refractivity contribution in [2.75, 3.05) is 60.6 Å². The summed E-state index contributed by atoms with van der Waals surface area (Å²) >= 11 is 0. The second-order valence-corrected chi connectivity index (χ2v) is 9.24. The number of hydrogen-bond acceptors (Lipinski definition) is 8. The van der Waals surface area contributed by atoms with Gasteiger partial charge >= 0.3 is 0 Å². The first-order valence-electron chi connectivity index (χ1n) is 12.7. The fourth-order valence-corrected chi connectivity index (χ4v) is 4.34. The van der Waals surface area contributed by atoms with Crippen LogP contribution in [0.1, 0.15) is 0 Å². The van der Waals surface area contributed by atoms with Gasteiger partial charge in [0.25, 0.3) is 0 Å². The Morgan fingerprint density at radius 2 is 1.61 bits per heavy atom. The van der Waals surface area contributed by atoms with Crippen molar-refractivity contribution in [3.63, 3.8) is 0 Å². The minimum atomic E-state index is -0.251. The van der Waals surface area contributed by atoms with Crippen LogP contribution in [0.2, 0.25) is 0 Å². The van der Waals surface area contributed by atoms with Crippen molar-refractivity contribution >= 4 is 40.4 Å². The molecule has 0 aliphatic carbocycles. The van der Waals surface area contributed by atoms with Gasteiger partial charge in [0, 0.05) is 60.7 Å². The SMILES string of the molecule is CN1CCN(c2ccc(Nc3ncc(-c4ccccc4)c(Nc4cccc(NC(=O)CN)c4)n3)cc2)CC1. The molecule has 1 aromatic heterocycles. The molecule has 38 heavy (non-hydrogen) atoms. The van der Waals surface area contributed by atoms with Gasteiger partial charge in [-0.25, -0.2) is 4.98 Å². The molecule has 0 unspecified atom stereocenters. The molecule has 1 aliphatic heterocycles. The number of hydrogen-bond donors (Lipinski definition) is 4. The lowest BCUT2D eigenvalue weighted by atomic mass is 10.1. The Labute approximate surface area is 222 Å². The summed E-state index contributed by atoms with van der Waals surface area (Å²) in [4.78, 5) is 25.9. The lowest BCUT2D eigenvalue weighted by molar-refractivity contribution is -0.114. The van der Waals surface area contributed by atoms with Crippen molar-refractivity contribution in [2.24, 2.45) is 5.73 Å². The van der Waals surface area contributed by atoms with E-state index >= 15 is 0 Å². The zero-order valence-corrected chi connectivity index (χ0v) is 21.4. The second kappa shape index (κ2) is 11.7. The fourth-order valence-electron chi connectivity index (χ4n) is 4.34. The number of carbonyl (C=O) groups is 1. The van der Waals surface area contributed by atoms with Crippen molar-refractivity contribution in [2.45, 2.75) is 0 Å². The van der Waals surface area contributed by atoms with Gasteiger partial charge in [-0.3, -0.25) is 4.79 Å². The molecule has 2 heterocycles. The van der Waals surface area contributed by atoms with E-state index in [-0.39, 0.29) is 12.5 Å². The highest BCUT2D eigenvalue weighted by atomic mass is 16.1. The second-order valence-electron chi connectivity index (χ2n) is 9.24. The standard InChI is InChI=1S/C29H32N8O/c1-36-14-16-37(17-15-36)25-12-10-22(11-13-25)34-29-31-20-26(21-6-3-2-4-7-21)28(35-29)33-24-9-5-8-23(18-24)32-27(38)19-30/h2-13,18,20H,14-17,19,30H2,1H3,(H,32,38)(H2,31,33,34,35). The number of benzene rings is 3. The number of piperazine rings is 1. The highest BCUT2D eigenvalue weighted by Gasteiger charge is 2.15. The molecule has 4 aromatic rings. The monoisotopic (exact) mass is 508 g/mol. The van der Waals surface area contributed by atoms with Gasteiger partial charge < -0.3 is 31.5 Å². The van der Waals surface area contributed by atoms with Crippen LogP contribution >= 0.6 is 0 Å². The molecule has 5 rings (SSSR count). The summed E-state index contributed by atoms with van der Waals surface area (Å²) in [6.07, 6.45) is 1.81. The Morgan fingerprint density at radius 3 is 2.34 bits per heavy atom. The number of anilines is 6. The lowest BCUT2D eigenvalue weighted by Crippen LogP contribution is -2.44. The summed E-state index contributed by atoms with van der Waals surface area (Å²) in [5.74, 6) is 0.872. The summed E-state index contributed by atoms with van der Waals surface area (Å²) in [6.45, 7) is 4.12. The highest BCUT2D eigenvalue weighted by Crippen LogP contribution is 2.30. The lowest BCUT2D eigenvalue weighted by Gasteiger charge is -2.34. The number of rotatable bonds is 8. The molecule has 1 saturated heterocycles. The first-order valence-corrected chi connectivity index (χ1v) is 12.7. The number of likely N-dealkylation sites (N-methyl/N-ethyl adjacent to an activating group) is 1. The first-order chi connectivity index (χ1) is 18.6. The van der Waals surface area contributed by atoms with E-state index in [0.717, 1.165) is 48.7 Å². The smallest absolute Gasteiger partial charge is 0.238 e. The molecule has 9 heteroatoms. The van der Waals surface area contributed by atoms with Crippen LogP contribution in [-0.2, 0) is 4.79 Å². The van der Waals surface area contributed by atoms with Crippen LogP contribution in [-0.4, -0.2) is 60.5 Å². The average Bonchev–Trinajstić information content (AvgIpc) is 2.95. The molecule has 1 amide bonds. The summed E-state index contributed by atoms with van der Waals surface area (Å²) < 4.78 is 0. The molecule has 0 atom stereocenters. The van der Waals surface area contributed by atoms with Crippen LogP contribution in [0.4, 0.5) is 34.5 Å². The van der Waals surface area contributed by atoms with E-state index in [1.165, 1.54) is 5.69 Å². The zero-order valence-electron chi connectivity index (χ0n) is 21.4. The van der Waals surface area contributed by atoms with Gasteiger partial charge in [0.2, 0.25) is 11.9 Å². The van der Waals surface area contributed by atoms with Crippen molar-refractivity contribution in [3.8, 4) is 11.1 Å². The number of amides is 1. The van der Waals surface area contributed by atoms with Gasteiger partial charge in [-0.2, -0.15) is 4.98 Å². The summed E-state index contributed by atoms with van der Waals surface area (Å²) in [7, 11) is 2.16. The normalized spacial score (nSPS) is 13.7. The van der Waals surface area contributed by atoms with Gasteiger partial charge in [0.1, 0.15) is 5.82 Å². The van der Waals surface area contributed by atoms with E-state index in [1.807, 2.05) is 60.8 Å². The summed E-state index contributed by atoms with van der Waals surface area (Å²) in [5.41, 5.74) is 10.8. The van der Waals surface area contributed by atoms with Crippen LogP contribution < -0.4 is 26.6 Å². The third-order valence-electron chi connectivity index (χ3n) is 6.46. The molecule has 5 N–H and O–H groups in total. The van der Waals surface area contributed by atoms with Crippen molar-refractivity contribution < 1.29 is 4.79 Å². The van der Waals surface area contributed by atoms with Gasteiger partial charge in [0.15, 0.2) is 0 Å². The maximum absolute atomic E-state index is 11.7. The molecule has 0 bridgehead atoms. The minimum absolute atomic E-state index is 0.0763. The van der Waals surface area contributed by atoms with Gasteiger partial charge in [-0.15, -0.1) is 0 Å². The molecule has 0 radical (unpaired) electrons. The maximum atomic E-state index is 11.7. The predicted molar refractivity (Wildman–Crippen MR) is 154 cm³/mol. The average molecular weight is 509 g/mol. The number of nitrogens with one attached hydrogen (secondary N) is 3. The number of nitrogens with zero attached hydrogens (tertiary/aromatic N) is 4. The van der Waals surface area contributed by atoms with E-state index < -0.39 is 0 Å². The largest absolute Gasteiger partial charge is 0.369 e. The van der Waals surface area contributed by atoms with E-state index in [9.17, 15) is 4.79 Å². The van der Waals surface area contributed by atoms with Crippen LogP contribution in [0.5, 0.6) is 0 Å². The molecule has 0 saturated carbocycles. The zero-order chi connectivity index (χ0) is 26.3. The van der Waals surface area contributed by atoms with Gasteiger partial charge in [-0.05, 0) is 55.1 Å². The predicted octanol–water partition coefficient (Wildman–Crippen LogP) is 4.28. The van der Waals surface area contributed by atoms with Crippen molar-refractivity contribution in [3.05, 3.63) is 85.1 Å². The van der Waals surface area contributed by atoms with E-state index in [4.69, 9.17) is 10.7 Å². The third kappa shape index (κ3) is 6.26. The van der Waals surface area contributed by atoms with Gasteiger partial charge in [0.05, 0.1) is 6.54 Å². The number of carbonyl (C=O) groups excluding carboxylic acids is 1. The van der Waals surface area contributed by atoms with Gasteiger partial charge in [-0.1, -0.05) is 36.4 Å². The van der Waals surface area contributed by atoms with E-state index in [1.54, 1.807) is 0 Å². The minimum Gasteiger partial charge on any atom is -0.369 e. The number of nitrogens with two attached hydrogens (primary N) is 1. The molecule has 3 aromatic carbocycles. The molecular formula is C29H32N8O. The molecule has 1 aliphatic rings. The quantitative estimate of drug-likeness (QED) is 0.279. The Balaban J connectivity index is 1.38. The molecule has 9 nitrogen and oxygen atoms in total. The van der Waals surface area contributed by atoms with E-state index in [2.05, 4.69) is 62.0 Å². The summed E-state index contributed by atoms with van der Waals surface area (Å²) in [6, 6.07) is 25.8. The fraction of sp³-hybridized carbons (Fsp3) is 0.207. The van der Waals surface area contributed by atoms with Crippen LogP contribution in [0.3, 0.4) is 0 Å². The Morgan fingerprint density at radius 1 is 0.868 bits per heavy atom. The molecule has 0 spiro atoms. The topological polar surface area (TPSA) is 111 Å². The third-order valence-corrected chi connectivity index (χ3v) is 6.46.